The largest absolute Gasteiger partial charge is 0.456 e. The van der Waals surface area contributed by atoms with Gasteiger partial charge in [-0.1, -0.05) is 6.07 Å². The van der Waals surface area contributed by atoms with Crippen LogP contribution >= 0.6 is 0 Å². The highest BCUT2D eigenvalue weighted by Gasteiger charge is 2.37. The van der Waals surface area contributed by atoms with E-state index in [1.807, 2.05) is 25.1 Å². The van der Waals surface area contributed by atoms with Crippen LogP contribution < -0.4 is 15.4 Å². The summed E-state index contributed by atoms with van der Waals surface area (Å²) in [4.78, 5) is 17.0. The van der Waals surface area contributed by atoms with Crippen LogP contribution in [0, 0.1) is 6.92 Å². The summed E-state index contributed by atoms with van der Waals surface area (Å²) in [6.45, 7) is 4.35. The first-order chi connectivity index (χ1) is 17.9. The minimum absolute atomic E-state index is 0.0306. The summed E-state index contributed by atoms with van der Waals surface area (Å²) in [7, 11) is 0. The molecule has 5 nitrogen and oxygen atoms in total. The molecule has 0 aliphatic carbocycles. The quantitative estimate of drug-likeness (QED) is 0.246. The number of ether oxygens (including phenoxy) is 1. The fourth-order valence-electron chi connectivity index (χ4n) is 3.82. The van der Waals surface area contributed by atoms with Crippen molar-refractivity contribution in [1.29, 1.82) is 0 Å². The van der Waals surface area contributed by atoms with Gasteiger partial charge in [-0.25, -0.2) is 0 Å². The SMILES string of the molecule is CCNc1cccc2c(Oc3ccc(NC(=O)c4cc(C(F)(F)F)cc(C(F)(F)F)c4)cc3C)ccnc12. The zero-order chi connectivity index (χ0) is 27.7. The number of alkyl halides is 6. The third-order valence-corrected chi connectivity index (χ3v) is 5.60. The van der Waals surface area contributed by atoms with Gasteiger partial charge in [0.1, 0.15) is 11.5 Å². The molecule has 3 aromatic carbocycles. The predicted octanol–water partition coefficient (Wildman–Crippen LogP) is 8.06. The number of halogens is 6. The van der Waals surface area contributed by atoms with E-state index >= 15 is 0 Å². The van der Waals surface area contributed by atoms with E-state index in [0.717, 1.165) is 11.1 Å². The number of nitrogens with zero attached hydrogens (tertiary/aromatic N) is 1. The Hall–Kier alpha value is -4.28. The van der Waals surface area contributed by atoms with Crippen molar-refractivity contribution in [2.24, 2.45) is 0 Å². The molecule has 0 aliphatic rings. The second-order valence-corrected chi connectivity index (χ2v) is 8.37. The van der Waals surface area contributed by atoms with Gasteiger partial charge in [-0.2, -0.15) is 26.3 Å². The van der Waals surface area contributed by atoms with Gasteiger partial charge in [-0.3, -0.25) is 9.78 Å². The molecule has 0 bridgehead atoms. The van der Waals surface area contributed by atoms with E-state index < -0.39 is 35.0 Å². The number of anilines is 2. The average Bonchev–Trinajstić information content (AvgIpc) is 2.85. The van der Waals surface area contributed by atoms with Crippen molar-refractivity contribution in [1.82, 2.24) is 4.98 Å². The maximum absolute atomic E-state index is 13.1. The number of aromatic nitrogens is 1. The Balaban J connectivity index is 1.59. The zero-order valence-electron chi connectivity index (χ0n) is 20.1. The molecular formula is C27H21F6N3O2. The molecule has 0 fully saturated rings. The molecule has 11 heteroatoms. The maximum Gasteiger partial charge on any atom is 0.416 e. The Labute approximate surface area is 213 Å². The Morgan fingerprint density at radius 1 is 0.895 bits per heavy atom. The normalized spacial score (nSPS) is 11.9. The second-order valence-electron chi connectivity index (χ2n) is 8.37. The van der Waals surface area contributed by atoms with Gasteiger partial charge >= 0.3 is 12.4 Å². The predicted molar refractivity (Wildman–Crippen MR) is 132 cm³/mol. The number of carbonyl (C=O) groups is 1. The van der Waals surface area contributed by atoms with E-state index in [0.29, 0.717) is 41.3 Å². The van der Waals surface area contributed by atoms with Crippen molar-refractivity contribution in [2.45, 2.75) is 26.2 Å². The number of hydrogen-bond donors (Lipinski definition) is 2. The third kappa shape index (κ3) is 5.82. The molecule has 0 saturated carbocycles. The van der Waals surface area contributed by atoms with Crippen LogP contribution in [0.5, 0.6) is 11.5 Å². The van der Waals surface area contributed by atoms with Crippen molar-refractivity contribution in [3.63, 3.8) is 0 Å². The summed E-state index contributed by atoms with van der Waals surface area (Å²) in [6, 6.07) is 12.5. The lowest BCUT2D eigenvalue weighted by Gasteiger charge is -2.15. The lowest BCUT2D eigenvalue weighted by molar-refractivity contribution is -0.143. The first kappa shape index (κ1) is 26.8. The van der Waals surface area contributed by atoms with Crippen LogP contribution in [0.4, 0.5) is 37.7 Å². The molecule has 0 radical (unpaired) electrons. The van der Waals surface area contributed by atoms with Crippen LogP contribution in [-0.2, 0) is 12.4 Å². The Bertz CT molecular complexity index is 1470. The van der Waals surface area contributed by atoms with Gasteiger partial charge in [0.25, 0.3) is 5.91 Å². The number of amides is 1. The molecule has 0 aliphatic heterocycles. The molecule has 1 heterocycles. The second kappa shape index (κ2) is 10.2. The van der Waals surface area contributed by atoms with Crippen LogP contribution in [0.3, 0.4) is 0 Å². The smallest absolute Gasteiger partial charge is 0.416 e. The molecule has 0 spiro atoms. The fraction of sp³-hybridized carbons (Fsp3) is 0.185. The molecular weight excluding hydrogens is 512 g/mol. The number of para-hydroxylation sites is 1. The Kier molecular flexibility index (Phi) is 7.21. The van der Waals surface area contributed by atoms with E-state index in [9.17, 15) is 31.1 Å². The van der Waals surface area contributed by atoms with Gasteiger partial charge in [0.15, 0.2) is 0 Å². The van der Waals surface area contributed by atoms with Crippen LogP contribution in [0.15, 0.2) is 66.9 Å². The minimum Gasteiger partial charge on any atom is -0.456 e. The Morgan fingerprint density at radius 2 is 1.58 bits per heavy atom. The van der Waals surface area contributed by atoms with Crippen molar-refractivity contribution in [2.75, 3.05) is 17.2 Å². The summed E-state index contributed by atoms with van der Waals surface area (Å²) in [6.07, 6.45) is -8.51. The van der Waals surface area contributed by atoms with Crippen LogP contribution in [0.2, 0.25) is 0 Å². The number of rotatable bonds is 6. The number of hydrogen-bond acceptors (Lipinski definition) is 4. The van der Waals surface area contributed by atoms with Gasteiger partial charge in [-0.15, -0.1) is 0 Å². The van der Waals surface area contributed by atoms with Crippen molar-refractivity contribution in [3.8, 4) is 11.5 Å². The standard InChI is InChI=1S/C27H21F6N3O2/c1-3-34-21-6-4-5-20-23(9-10-35-24(20)21)38-22-8-7-19(11-15(22)2)36-25(37)16-12-17(26(28,29)30)14-18(13-16)27(31,32)33/h4-14,34H,3H2,1-2H3,(H,36,37). The third-order valence-electron chi connectivity index (χ3n) is 5.60. The van der Waals surface area contributed by atoms with Gasteiger partial charge in [0, 0.05) is 29.4 Å². The number of nitrogens with one attached hydrogen (secondary N) is 2. The monoisotopic (exact) mass is 533 g/mol. The molecule has 4 aromatic rings. The lowest BCUT2D eigenvalue weighted by atomic mass is 10.0. The topological polar surface area (TPSA) is 63.2 Å². The number of fused-ring (bicyclic) bond motifs is 1. The molecule has 1 aromatic heterocycles. The maximum atomic E-state index is 13.1. The molecule has 38 heavy (non-hydrogen) atoms. The fourth-order valence-corrected chi connectivity index (χ4v) is 3.82. The molecule has 198 valence electrons. The number of pyridine rings is 1. The first-order valence-corrected chi connectivity index (χ1v) is 11.4. The highest BCUT2D eigenvalue weighted by atomic mass is 19.4. The highest BCUT2D eigenvalue weighted by molar-refractivity contribution is 6.04. The minimum atomic E-state index is -5.06. The lowest BCUT2D eigenvalue weighted by Crippen LogP contribution is -2.17. The van der Waals surface area contributed by atoms with Crippen molar-refractivity contribution >= 4 is 28.2 Å². The summed E-state index contributed by atoms with van der Waals surface area (Å²) >= 11 is 0. The van der Waals surface area contributed by atoms with Gasteiger partial charge in [0.05, 0.1) is 22.3 Å². The average molecular weight is 533 g/mol. The molecule has 0 saturated heterocycles. The van der Waals surface area contributed by atoms with E-state index in [-0.39, 0.29) is 11.8 Å². The van der Waals surface area contributed by atoms with Gasteiger partial charge in [0.2, 0.25) is 0 Å². The molecule has 4 rings (SSSR count). The van der Waals surface area contributed by atoms with Crippen LogP contribution in [0.25, 0.3) is 10.9 Å². The van der Waals surface area contributed by atoms with Gasteiger partial charge < -0.3 is 15.4 Å². The number of benzene rings is 3. The summed E-state index contributed by atoms with van der Waals surface area (Å²) < 4.78 is 84.9. The zero-order valence-corrected chi connectivity index (χ0v) is 20.1. The Morgan fingerprint density at radius 3 is 2.18 bits per heavy atom. The van der Waals surface area contributed by atoms with Crippen LogP contribution in [-0.4, -0.2) is 17.4 Å². The van der Waals surface area contributed by atoms with Crippen LogP contribution in [0.1, 0.15) is 34.0 Å². The first-order valence-electron chi connectivity index (χ1n) is 11.4. The van der Waals surface area contributed by atoms with Gasteiger partial charge in [-0.05, 0) is 74.0 Å². The summed E-state index contributed by atoms with van der Waals surface area (Å²) in [5.41, 5.74) is -1.62. The molecule has 2 N–H and O–H groups in total. The van der Waals surface area contributed by atoms with Crippen molar-refractivity contribution in [3.05, 3.63) is 89.1 Å². The van der Waals surface area contributed by atoms with E-state index in [1.54, 1.807) is 25.3 Å². The molecule has 0 unspecified atom stereocenters. The molecule has 0 atom stereocenters. The van der Waals surface area contributed by atoms with Crippen molar-refractivity contribution < 1.29 is 35.9 Å². The van der Waals surface area contributed by atoms with E-state index in [4.69, 9.17) is 4.74 Å². The number of carbonyl (C=O) groups excluding carboxylic acids is 1. The van der Waals surface area contributed by atoms with E-state index in [2.05, 4.69) is 15.6 Å². The summed E-state index contributed by atoms with van der Waals surface area (Å²) in [5, 5.41) is 6.34. The highest BCUT2D eigenvalue weighted by Crippen LogP contribution is 2.37. The molecule has 1 amide bonds. The number of aryl methyl sites for hydroxylation is 1. The van der Waals surface area contributed by atoms with E-state index in [1.165, 1.54) is 12.1 Å². The summed E-state index contributed by atoms with van der Waals surface area (Å²) in [5.74, 6) is -0.160.